The molecule has 0 unspecified atom stereocenters. The molecule has 4 rings (SSSR count). The van der Waals surface area contributed by atoms with Crippen LogP contribution in [0.4, 0.5) is 0 Å². The van der Waals surface area contributed by atoms with E-state index in [1.807, 2.05) is 36.4 Å². The van der Waals surface area contributed by atoms with E-state index in [1.54, 1.807) is 30.5 Å². The highest BCUT2D eigenvalue weighted by Crippen LogP contribution is 2.32. The largest absolute Gasteiger partial charge is 0.454 e. The van der Waals surface area contributed by atoms with Crippen LogP contribution < -0.4 is 19.5 Å². The van der Waals surface area contributed by atoms with Gasteiger partial charge in [-0.2, -0.15) is 0 Å². The van der Waals surface area contributed by atoms with Gasteiger partial charge in [0.05, 0.1) is 0 Å². The predicted octanol–water partition coefficient (Wildman–Crippen LogP) is 3.53. The minimum Gasteiger partial charge on any atom is -0.454 e. The third kappa shape index (κ3) is 3.59. The second-order valence-corrected chi connectivity index (χ2v) is 5.67. The fourth-order valence-electron chi connectivity index (χ4n) is 2.57. The summed E-state index contributed by atoms with van der Waals surface area (Å²) in [5.41, 5.74) is 1.45. The van der Waals surface area contributed by atoms with E-state index in [9.17, 15) is 4.79 Å². The lowest BCUT2D eigenvalue weighted by atomic mass is 10.1. The highest BCUT2D eigenvalue weighted by molar-refractivity contribution is 5.94. The number of carbonyl (C=O) groups excluding carboxylic acids is 1. The summed E-state index contributed by atoms with van der Waals surface area (Å²) in [5.74, 6) is 2.25. The van der Waals surface area contributed by atoms with Gasteiger partial charge in [-0.3, -0.25) is 4.79 Å². The van der Waals surface area contributed by atoms with Gasteiger partial charge in [0, 0.05) is 24.4 Å². The maximum atomic E-state index is 12.3. The minimum atomic E-state index is -0.181. The van der Waals surface area contributed by atoms with Gasteiger partial charge in [0.1, 0.15) is 5.75 Å². The van der Waals surface area contributed by atoms with Crippen LogP contribution in [0.5, 0.6) is 23.1 Å². The van der Waals surface area contributed by atoms with Crippen LogP contribution in [0, 0.1) is 0 Å². The van der Waals surface area contributed by atoms with E-state index >= 15 is 0 Å². The molecule has 130 valence electrons. The van der Waals surface area contributed by atoms with Crippen LogP contribution in [-0.2, 0) is 6.54 Å². The third-order valence-corrected chi connectivity index (χ3v) is 3.85. The Bertz CT molecular complexity index is 928. The fraction of sp³-hybridized carbons (Fsp3) is 0.100. The number of fused-ring (bicyclic) bond motifs is 1. The summed E-state index contributed by atoms with van der Waals surface area (Å²) >= 11 is 0. The SMILES string of the molecule is O=C(NCc1cccc(Oc2ccccn2)c1)c1ccc2c(c1)OCO2. The molecule has 3 aromatic rings. The molecule has 6 heteroatoms. The molecular formula is C20H16N2O4. The highest BCUT2D eigenvalue weighted by atomic mass is 16.7. The van der Waals surface area contributed by atoms with E-state index in [2.05, 4.69) is 10.3 Å². The number of hydrogen-bond donors (Lipinski definition) is 1. The lowest BCUT2D eigenvalue weighted by Gasteiger charge is -2.08. The van der Waals surface area contributed by atoms with Gasteiger partial charge in [-0.15, -0.1) is 0 Å². The fourth-order valence-corrected chi connectivity index (χ4v) is 2.57. The van der Waals surface area contributed by atoms with Crippen molar-refractivity contribution in [1.82, 2.24) is 10.3 Å². The van der Waals surface area contributed by atoms with Gasteiger partial charge >= 0.3 is 0 Å². The Labute approximate surface area is 150 Å². The number of nitrogens with zero attached hydrogens (tertiary/aromatic N) is 1. The molecule has 0 fully saturated rings. The minimum absolute atomic E-state index is 0.181. The first-order valence-corrected chi connectivity index (χ1v) is 8.13. The average molecular weight is 348 g/mol. The van der Waals surface area contributed by atoms with Crippen molar-refractivity contribution in [2.45, 2.75) is 6.54 Å². The zero-order valence-corrected chi connectivity index (χ0v) is 13.8. The topological polar surface area (TPSA) is 69.7 Å². The van der Waals surface area contributed by atoms with Gasteiger partial charge in [0.15, 0.2) is 11.5 Å². The van der Waals surface area contributed by atoms with Crippen LogP contribution in [0.2, 0.25) is 0 Å². The molecule has 1 aliphatic heterocycles. The number of pyridine rings is 1. The van der Waals surface area contributed by atoms with Crippen LogP contribution in [0.1, 0.15) is 15.9 Å². The molecule has 2 heterocycles. The molecule has 0 saturated carbocycles. The molecule has 1 aromatic heterocycles. The van der Waals surface area contributed by atoms with Crippen molar-refractivity contribution in [1.29, 1.82) is 0 Å². The number of nitrogens with one attached hydrogen (secondary N) is 1. The molecule has 0 saturated heterocycles. The summed E-state index contributed by atoms with van der Waals surface area (Å²) in [4.78, 5) is 16.5. The van der Waals surface area contributed by atoms with E-state index in [4.69, 9.17) is 14.2 Å². The van der Waals surface area contributed by atoms with Crippen LogP contribution in [0.15, 0.2) is 66.9 Å². The standard InChI is InChI=1S/C20H16N2O4/c23-20(15-7-8-17-18(11-15)25-13-24-17)22-12-14-4-3-5-16(10-14)26-19-6-1-2-9-21-19/h1-11H,12-13H2,(H,22,23). The second kappa shape index (κ2) is 7.14. The molecule has 1 N–H and O–H groups in total. The molecular weight excluding hydrogens is 332 g/mol. The van der Waals surface area contributed by atoms with Gasteiger partial charge in [0.2, 0.25) is 12.7 Å². The summed E-state index contributed by atoms with van der Waals surface area (Å²) in [5, 5.41) is 2.89. The Balaban J connectivity index is 1.40. The van der Waals surface area contributed by atoms with E-state index in [0.29, 0.717) is 35.2 Å². The van der Waals surface area contributed by atoms with Crippen molar-refractivity contribution >= 4 is 5.91 Å². The average Bonchev–Trinajstić information content (AvgIpc) is 3.15. The monoisotopic (exact) mass is 348 g/mol. The van der Waals surface area contributed by atoms with Crippen molar-refractivity contribution in [3.05, 3.63) is 78.0 Å². The quantitative estimate of drug-likeness (QED) is 0.764. The molecule has 6 nitrogen and oxygen atoms in total. The molecule has 1 amide bonds. The summed E-state index contributed by atoms with van der Waals surface area (Å²) in [6.07, 6.45) is 1.67. The molecule has 2 aromatic carbocycles. The number of rotatable bonds is 5. The molecule has 0 aliphatic carbocycles. The van der Waals surface area contributed by atoms with Crippen LogP contribution in [0.3, 0.4) is 0 Å². The summed E-state index contributed by atoms with van der Waals surface area (Å²) in [6.45, 7) is 0.566. The molecule has 0 atom stereocenters. The van der Waals surface area contributed by atoms with Crippen molar-refractivity contribution in [3.63, 3.8) is 0 Å². The Morgan fingerprint density at radius 1 is 1.04 bits per heavy atom. The predicted molar refractivity (Wildman–Crippen MR) is 94.5 cm³/mol. The van der Waals surface area contributed by atoms with Gasteiger partial charge in [-0.05, 0) is 42.0 Å². The molecule has 0 bridgehead atoms. The first-order valence-electron chi connectivity index (χ1n) is 8.13. The maximum Gasteiger partial charge on any atom is 0.251 e. The summed E-state index contributed by atoms with van der Waals surface area (Å²) < 4.78 is 16.3. The number of aromatic nitrogens is 1. The second-order valence-electron chi connectivity index (χ2n) is 5.67. The summed E-state index contributed by atoms with van der Waals surface area (Å²) in [6, 6.07) is 18.1. The third-order valence-electron chi connectivity index (χ3n) is 3.85. The van der Waals surface area contributed by atoms with Crippen molar-refractivity contribution in [3.8, 4) is 23.1 Å². The Morgan fingerprint density at radius 3 is 2.85 bits per heavy atom. The Hall–Kier alpha value is -3.54. The molecule has 0 spiro atoms. The Kier molecular flexibility index (Phi) is 4.38. The van der Waals surface area contributed by atoms with E-state index in [-0.39, 0.29) is 12.7 Å². The smallest absolute Gasteiger partial charge is 0.251 e. The highest BCUT2D eigenvalue weighted by Gasteiger charge is 2.16. The van der Waals surface area contributed by atoms with E-state index in [1.165, 1.54) is 0 Å². The zero-order chi connectivity index (χ0) is 17.8. The van der Waals surface area contributed by atoms with Crippen LogP contribution >= 0.6 is 0 Å². The number of ether oxygens (including phenoxy) is 3. The molecule has 1 aliphatic rings. The van der Waals surface area contributed by atoms with Crippen LogP contribution in [0.25, 0.3) is 0 Å². The van der Waals surface area contributed by atoms with Gasteiger partial charge in [-0.1, -0.05) is 18.2 Å². The van der Waals surface area contributed by atoms with Gasteiger partial charge in [0.25, 0.3) is 5.91 Å². The van der Waals surface area contributed by atoms with Gasteiger partial charge < -0.3 is 19.5 Å². The van der Waals surface area contributed by atoms with Crippen molar-refractivity contribution in [2.75, 3.05) is 6.79 Å². The number of hydrogen-bond acceptors (Lipinski definition) is 5. The lowest BCUT2D eigenvalue weighted by molar-refractivity contribution is 0.0950. The number of carbonyl (C=O) groups is 1. The number of benzene rings is 2. The normalized spacial score (nSPS) is 11.8. The maximum absolute atomic E-state index is 12.3. The zero-order valence-electron chi connectivity index (χ0n) is 13.8. The first kappa shape index (κ1) is 16.0. The Morgan fingerprint density at radius 2 is 1.96 bits per heavy atom. The molecule has 0 radical (unpaired) electrons. The van der Waals surface area contributed by atoms with Crippen molar-refractivity contribution in [2.24, 2.45) is 0 Å². The summed E-state index contributed by atoms with van der Waals surface area (Å²) in [7, 11) is 0. The lowest BCUT2D eigenvalue weighted by Crippen LogP contribution is -2.22. The first-order chi connectivity index (χ1) is 12.8. The van der Waals surface area contributed by atoms with E-state index in [0.717, 1.165) is 5.56 Å². The van der Waals surface area contributed by atoms with E-state index < -0.39 is 0 Å². The van der Waals surface area contributed by atoms with Crippen LogP contribution in [-0.4, -0.2) is 17.7 Å². The van der Waals surface area contributed by atoms with Crippen molar-refractivity contribution < 1.29 is 19.0 Å². The van der Waals surface area contributed by atoms with Gasteiger partial charge in [-0.25, -0.2) is 4.98 Å². The molecule has 26 heavy (non-hydrogen) atoms. The number of amides is 1.